The number of carbonyl (C=O) groups is 3. The average Bonchev–Trinajstić information content (AvgIpc) is 3.01. The Bertz CT molecular complexity index is 810. The second-order valence-electron chi connectivity index (χ2n) is 15.7. The smallest absolute Gasteiger partial charge is 0.222 e. The minimum absolute atomic E-state index is 0.0633. The van der Waals surface area contributed by atoms with Gasteiger partial charge in [0.25, 0.3) is 0 Å². The summed E-state index contributed by atoms with van der Waals surface area (Å²) in [5, 5.41) is 5.95. The minimum Gasteiger partial charge on any atom is -0.380 e. The zero-order chi connectivity index (χ0) is 36.5. The van der Waals surface area contributed by atoms with Crippen molar-refractivity contribution in [3.05, 3.63) is 0 Å². The first-order valence-corrected chi connectivity index (χ1v) is 17.4. The molecule has 0 spiro atoms. The van der Waals surface area contributed by atoms with Gasteiger partial charge in [0, 0.05) is 73.6 Å². The van der Waals surface area contributed by atoms with Crippen LogP contribution < -0.4 is 22.1 Å². The third-order valence-corrected chi connectivity index (χ3v) is 7.59. The van der Waals surface area contributed by atoms with Crippen LogP contribution in [0.2, 0.25) is 0 Å². The molecule has 0 atom stereocenters. The Balaban J connectivity index is 4.34. The molecule has 0 aliphatic carbocycles. The Hall–Kier alpha value is -1.71. The molecule has 0 fully saturated rings. The lowest BCUT2D eigenvalue weighted by Crippen LogP contribution is -2.38. The Labute approximate surface area is 291 Å². The van der Waals surface area contributed by atoms with Gasteiger partial charge in [0.2, 0.25) is 11.8 Å². The van der Waals surface area contributed by atoms with Crippen molar-refractivity contribution in [2.24, 2.45) is 33.1 Å². The molecule has 0 saturated carbocycles. The van der Waals surface area contributed by atoms with E-state index in [1.165, 1.54) is 0 Å². The number of aldehydes is 1. The van der Waals surface area contributed by atoms with Crippen molar-refractivity contribution < 1.29 is 38.1 Å². The van der Waals surface area contributed by atoms with E-state index in [-0.39, 0.29) is 46.3 Å². The molecular formula is C35H71N5O8. The first-order valence-electron chi connectivity index (χ1n) is 17.4. The van der Waals surface area contributed by atoms with Crippen molar-refractivity contribution in [3.63, 3.8) is 0 Å². The lowest BCUT2D eigenvalue weighted by molar-refractivity contribution is -0.123. The molecule has 13 heteroatoms. The molecule has 48 heavy (non-hydrogen) atoms. The fourth-order valence-corrected chi connectivity index (χ4v) is 3.96. The van der Waals surface area contributed by atoms with Gasteiger partial charge in [0.15, 0.2) is 0 Å². The van der Waals surface area contributed by atoms with Crippen molar-refractivity contribution in [2.45, 2.75) is 74.7 Å². The van der Waals surface area contributed by atoms with Gasteiger partial charge in [-0.3, -0.25) is 14.5 Å². The summed E-state index contributed by atoms with van der Waals surface area (Å²) in [6, 6.07) is 0. The number of ether oxygens (including phenoxy) is 5. The van der Waals surface area contributed by atoms with E-state index in [0.717, 1.165) is 6.29 Å². The predicted octanol–water partition coefficient (Wildman–Crippen LogP) is 2.00. The van der Waals surface area contributed by atoms with E-state index >= 15 is 0 Å². The van der Waals surface area contributed by atoms with Crippen LogP contribution in [0.1, 0.15) is 74.7 Å². The SMILES string of the molecule is CC(C)(CN)COCC(C)(C)CNC(=O)CCOCCN(CCOCCC=O)CCOCCC(=O)NCC(C)(C)COCC(C)(C)CN. The summed E-state index contributed by atoms with van der Waals surface area (Å²) in [6.07, 6.45) is 1.74. The average molecular weight is 690 g/mol. The van der Waals surface area contributed by atoms with Crippen LogP contribution in [-0.2, 0) is 38.1 Å². The lowest BCUT2D eigenvalue weighted by atomic mass is 9.93. The van der Waals surface area contributed by atoms with Gasteiger partial charge in [0.1, 0.15) is 6.29 Å². The van der Waals surface area contributed by atoms with Crippen molar-refractivity contribution >= 4 is 18.1 Å². The molecule has 2 amide bonds. The fourth-order valence-electron chi connectivity index (χ4n) is 3.96. The molecule has 0 unspecified atom stereocenters. The molecule has 284 valence electrons. The first-order chi connectivity index (χ1) is 22.5. The Kier molecular flexibility index (Phi) is 24.4. The van der Waals surface area contributed by atoms with Crippen molar-refractivity contribution in [1.29, 1.82) is 0 Å². The summed E-state index contributed by atoms with van der Waals surface area (Å²) in [7, 11) is 0. The number of amides is 2. The molecular weight excluding hydrogens is 618 g/mol. The molecule has 0 aromatic heterocycles. The molecule has 0 saturated heterocycles. The molecule has 13 nitrogen and oxygen atoms in total. The highest BCUT2D eigenvalue weighted by molar-refractivity contribution is 5.76. The van der Waals surface area contributed by atoms with E-state index in [4.69, 9.17) is 35.2 Å². The molecule has 0 rings (SSSR count). The zero-order valence-corrected chi connectivity index (χ0v) is 31.6. The quantitative estimate of drug-likeness (QED) is 0.0600. The molecule has 0 aromatic carbocycles. The van der Waals surface area contributed by atoms with E-state index in [2.05, 4.69) is 70.9 Å². The third kappa shape index (κ3) is 27.2. The van der Waals surface area contributed by atoms with Crippen LogP contribution in [0.15, 0.2) is 0 Å². The number of hydrogen-bond donors (Lipinski definition) is 4. The Morgan fingerprint density at radius 1 is 0.562 bits per heavy atom. The van der Waals surface area contributed by atoms with Gasteiger partial charge >= 0.3 is 0 Å². The van der Waals surface area contributed by atoms with E-state index in [1.54, 1.807) is 0 Å². The molecule has 0 aromatic rings. The van der Waals surface area contributed by atoms with Gasteiger partial charge in [-0.1, -0.05) is 55.4 Å². The van der Waals surface area contributed by atoms with E-state index in [0.29, 0.717) is 118 Å². The molecule has 0 heterocycles. The minimum atomic E-state index is -0.199. The Morgan fingerprint density at radius 3 is 1.27 bits per heavy atom. The summed E-state index contributed by atoms with van der Waals surface area (Å²) in [4.78, 5) is 37.4. The number of carbonyl (C=O) groups excluding carboxylic acids is 3. The van der Waals surface area contributed by atoms with Crippen LogP contribution in [0.5, 0.6) is 0 Å². The number of nitrogens with zero attached hydrogens (tertiary/aromatic N) is 1. The van der Waals surface area contributed by atoms with Gasteiger partial charge < -0.3 is 50.6 Å². The topological polar surface area (TPSA) is 177 Å². The predicted molar refractivity (Wildman–Crippen MR) is 190 cm³/mol. The van der Waals surface area contributed by atoms with Crippen LogP contribution in [0, 0.1) is 21.7 Å². The molecule has 6 N–H and O–H groups in total. The maximum Gasteiger partial charge on any atom is 0.222 e. The highest BCUT2D eigenvalue weighted by Crippen LogP contribution is 2.19. The maximum absolute atomic E-state index is 12.4. The molecule has 0 radical (unpaired) electrons. The number of rotatable bonds is 32. The van der Waals surface area contributed by atoms with Crippen molar-refractivity contribution in [2.75, 3.05) is 112 Å². The lowest BCUT2D eigenvalue weighted by Gasteiger charge is -2.28. The van der Waals surface area contributed by atoms with E-state index in [1.807, 2.05) is 0 Å². The summed E-state index contributed by atoms with van der Waals surface area (Å²) >= 11 is 0. The van der Waals surface area contributed by atoms with Crippen LogP contribution >= 0.6 is 0 Å². The standard InChI is InChI=1S/C35H71N5O8/c1-32(2,22-36)26-47-28-34(5,6)24-38-30(42)10-17-45-20-13-40(12-19-44-16-9-15-41)14-21-46-18-11-31(43)39-25-35(7,8)29-48-27-33(3,4)23-37/h15H,9-14,16-29,36-37H2,1-8H3,(H,38,42)(H,39,43). The maximum atomic E-state index is 12.4. The summed E-state index contributed by atoms with van der Waals surface area (Å²) in [5.74, 6) is -0.127. The van der Waals surface area contributed by atoms with Gasteiger partial charge in [-0.25, -0.2) is 0 Å². The Morgan fingerprint density at radius 2 is 0.917 bits per heavy atom. The highest BCUT2D eigenvalue weighted by Gasteiger charge is 2.23. The first kappa shape index (κ1) is 46.3. The summed E-state index contributed by atoms with van der Waals surface area (Å²) < 4.78 is 28.7. The molecule has 0 aliphatic rings. The van der Waals surface area contributed by atoms with Crippen LogP contribution in [-0.4, -0.2) is 135 Å². The normalized spacial score (nSPS) is 12.8. The van der Waals surface area contributed by atoms with E-state index < -0.39 is 0 Å². The van der Waals surface area contributed by atoms with Gasteiger partial charge in [-0.2, -0.15) is 0 Å². The second-order valence-corrected chi connectivity index (χ2v) is 15.7. The van der Waals surface area contributed by atoms with Crippen molar-refractivity contribution in [3.8, 4) is 0 Å². The van der Waals surface area contributed by atoms with Crippen LogP contribution in [0.4, 0.5) is 0 Å². The third-order valence-electron chi connectivity index (χ3n) is 7.59. The summed E-state index contributed by atoms with van der Waals surface area (Å²) in [5.41, 5.74) is 11.0. The fraction of sp³-hybridized carbons (Fsp3) is 0.914. The van der Waals surface area contributed by atoms with Crippen molar-refractivity contribution in [1.82, 2.24) is 15.5 Å². The second kappa shape index (κ2) is 25.3. The zero-order valence-electron chi connectivity index (χ0n) is 31.6. The number of nitrogens with one attached hydrogen (secondary N) is 2. The molecule has 0 aliphatic heterocycles. The van der Waals surface area contributed by atoms with Gasteiger partial charge in [-0.05, 0) is 13.1 Å². The highest BCUT2D eigenvalue weighted by atomic mass is 16.5. The van der Waals surface area contributed by atoms with Crippen LogP contribution in [0.25, 0.3) is 0 Å². The largest absolute Gasteiger partial charge is 0.380 e. The molecule has 0 bridgehead atoms. The summed E-state index contributed by atoms with van der Waals surface area (Å²) in [6.45, 7) is 25.1. The number of nitrogens with two attached hydrogens (primary N) is 2. The monoisotopic (exact) mass is 690 g/mol. The van der Waals surface area contributed by atoms with Gasteiger partial charge in [-0.15, -0.1) is 0 Å². The van der Waals surface area contributed by atoms with E-state index in [9.17, 15) is 14.4 Å². The van der Waals surface area contributed by atoms with Crippen LogP contribution in [0.3, 0.4) is 0 Å². The number of hydrogen-bond acceptors (Lipinski definition) is 11. The van der Waals surface area contributed by atoms with Gasteiger partial charge in [0.05, 0.1) is 66.1 Å².